The predicted molar refractivity (Wildman–Crippen MR) is 107 cm³/mol. The second-order valence-electron chi connectivity index (χ2n) is 6.40. The first-order valence-electron chi connectivity index (χ1n) is 8.79. The number of nitrogens with zero attached hydrogens (tertiary/aromatic N) is 7. The van der Waals surface area contributed by atoms with Crippen LogP contribution in [0.5, 0.6) is 0 Å². The molecule has 34 heavy (non-hydrogen) atoms. The van der Waals surface area contributed by atoms with Crippen molar-refractivity contribution in [3.8, 4) is 0 Å². The maximum atomic E-state index is 12.0. The Balaban J connectivity index is 1.73. The van der Waals surface area contributed by atoms with E-state index >= 15 is 0 Å². The van der Waals surface area contributed by atoms with Crippen molar-refractivity contribution >= 4 is 40.4 Å². The summed E-state index contributed by atoms with van der Waals surface area (Å²) in [4.78, 5) is 50.6. The molecule has 0 aromatic carbocycles. The number of phosphoric acid groups is 3. The van der Waals surface area contributed by atoms with E-state index in [-0.39, 0.29) is 17.8 Å². The summed E-state index contributed by atoms with van der Waals surface area (Å²) in [6.45, 7) is -1.20. The second kappa shape index (κ2) is 10.3. The highest BCUT2D eigenvalue weighted by molar-refractivity contribution is 7.66. The van der Waals surface area contributed by atoms with Crippen LogP contribution in [0.25, 0.3) is 21.6 Å². The van der Waals surface area contributed by atoms with Crippen LogP contribution in [0.15, 0.2) is 17.8 Å². The fraction of sp³-hybridized carbons (Fsp3) is 0.545. The SMILES string of the molecule is [N-]=[N+]=NCO[C@@H]1C[C@H](n2cnc3c(N)ncnc32)O[C@@H]1COP(=O)(O)OP(=O)(O)OP(=O)(O)O. The van der Waals surface area contributed by atoms with Crippen LogP contribution < -0.4 is 5.73 Å². The van der Waals surface area contributed by atoms with Crippen molar-refractivity contribution in [2.75, 3.05) is 19.1 Å². The van der Waals surface area contributed by atoms with Crippen LogP contribution in [0.4, 0.5) is 5.82 Å². The summed E-state index contributed by atoms with van der Waals surface area (Å²) < 4.78 is 58.7. The Morgan fingerprint density at radius 3 is 2.62 bits per heavy atom. The Kier molecular flexibility index (Phi) is 8.07. The number of nitrogen functional groups attached to an aromatic ring is 1. The van der Waals surface area contributed by atoms with E-state index in [0.29, 0.717) is 5.65 Å². The number of anilines is 1. The summed E-state index contributed by atoms with van der Waals surface area (Å²) in [5.74, 6) is 0.113. The minimum atomic E-state index is -5.68. The molecule has 3 rings (SSSR count). The van der Waals surface area contributed by atoms with Crippen molar-refractivity contribution in [2.45, 2.75) is 24.9 Å². The predicted octanol–water partition coefficient (Wildman–Crippen LogP) is 0.692. The average Bonchev–Trinajstić information content (AvgIpc) is 3.28. The van der Waals surface area contributed by atoms with E-state index < -0.39 is 55.2 Å². The van der Waals surface area contributed by atoms with Crippen LogP contribution in [-0.4, -0.2) is 64.6 Å². The standard InChI is InChI=1S/C11H17N8O12P3/c12-10-9-11(15-3-14-10)19(4-16-9)8-1-6(27-5-17-18-13)7(29-8)2-28-33(23,24)31-34(25,26)30-32(20,21)22/h3-4,6-8H,1-2,5H2,(H,23,24)(H,25,26)(H2,12,14,15)(H2,20,21,22)/t6-,7-,8-/m1/s1. The monoisotopic (exact) mass is 546 g/mol. The summed E-state index contributed by atoms with van der Waals surface area (Å²) >= 11 is 0. The molecule has 3 heterocycles. The molecule has 5 atom stereocenters. The third-order valence-corrected chi connectivity index (χ3v) is 7.91. The van der Waals surface area contributed by atoms with Crippen molar-refractivity contribution in [1.29, 1.82) is 0 Å². The zero-order valence-electron chi connectivity index (χ0n) is 16.6. The number of phosphoric ester groups is 1. The van der Waals surface area contributed by atoms with Crippen molar-refractivity contribution in [1.82, 2.24) is 19.5 Å². The Hall–Kier alpha value is -2.01. The lowest BCUT2D eigenvalue weighted by atomic mass is 10.2. The number of hydrogen-bond acceptors (Lipinski definition) is 13. The van der Waals surface area contributed by atoms with Gasteiger partial charge in [0.05, 0.1) is 19.0 Å². The average molecular weight is 546 g/mol. The number of aromatic nitrogens is 4. The van der Waals surface area contributed by atoms with Crippen LogP contribution >= 0.6 is 23.5 Å². The Morgan fingerprint density at radius 2 is 1.94 bits per heavy atom. The van der Waals surface area contributed by atoms with E-state index in [9.17, 15) is 23.5 Å². The zero-order valence-corrected chi connectivity index (χ0v) is 19.3. The van der Waals surface area contributed by atoms with Gasteiger partial charge in [-0.25, -0.2) is 28.6 Å². The van der Waals surface area contributed by atoms with Gasteiger partial charge in [0, 0.05) is 11.3 Å². The second-order valence-corrected chi connectivity index (χ2v) is 10.8. The van der Waals surface area contributed by atoms with Gasteiger partial charge in [0.1, 0.15) is 30.9 Å². The van der Waals surface area contributed by atoms with Gasteiger partial charge in [-0.05, 0) is 5.53 Å². The van der Waals surface area contributed by atoms with Crippen LogP contribution in [0.3, 0.4) is 0 Å². The molecule has 188 valence electrons. The van der Waals surface area contributed by atoms with Gasteiger partial charge in [0.25, 0.3) is 0 Å². The van der Waals surface area contributed by atoms with Gasteiger partial charge in [-0.2, -0.15) is 8.62 Å². The fourth-order valence-electron chi connectivity index (χ4n) is 2.90. The van der Waals surface area contributed by atoms with E-state index in [1.165, 1.54) is 17.2 Å². The van der Waals surface area contributed by atoms with Gasteiger partial charge in [-0.15, -0.1) is 0 Å². The van der Waals surface area contributed by atoms with Crippen molar-refractivity contribution in [2.24, 2.45) is 5.11 Å². The summed E-state index contributed by atoms with van der Waals surface area (Å²) in [6, 6.07) is 0. The molecule has 6 N–H and O–H groups in total. The van der Waals surface area contributed by atoms with Crippen molar-refractivity contribution in [3.63, 3.8) is 0 Å². The number of nitrogens with two attached hydrogens (primary N) is 1. The molecule has 0 saturated carbocycles. The minimum absolute atomic E-state index is 0.0841. The van der Waals surface area contributed by atoms with E-state index in [2.05, 4.69) is 38.1 Å². The largest absolute Gasteiger partial charge is 0.490 e. The Labute approximate surface area is 188 Å². The van der Waals surface area contributed by atoms with Gasteiger partial charge >= 0.3 is 23.5 Å². The summed E-state index contributed by atoms with van der Waals surface area (Å²) in [5, 5.41) is 3.23. The molecule has 0 spiro atoms. The van der Waals surface area contributed by atoms with Crippen LogP contribution in [0, 0.1) is 0 Å². The summed E-state index contributed by atoms with van der Waals surface area (Å²) in [6.07, 6.45) is -0.187. The molecular weight excluding hydrogens is 529 g/mol. The van der Waals surface area contributed by atoms with E-state index in [0.717, 1.165) is 0 Å². The minimum Gasteiger partial charge on any atom is -0.382 e. The number of ether oxygens (including phenoxy) is 2. The van der Waals surface area contributed by atoms with E-state index in [1.807, 2.05) is 0 Å². The number of imidazole rings is 1. The Morgan fingerprint density at radius 1 is 1.21 bits per heavy atom. The third-order valence-electron chi connectivity index (χ3n) is 4.11. The molecule has 1 fully saturated rings. The number of fused-ring (bicyclic) bond motifs is 1. The highest BCUT2D eigenvalue weighted by Crippen LogP contribution is 2.66. The van der Waals surface area contributed by atoms with Crippen molar-refractivity contribution < 1.29 is 55.9 Å². The first-order valence-corrected chi connectivity index (χ1v) is 13.3. The molecule has 2 aromatic heterocycles. The molecular formula is C11H17N8O12P3. The maximum Gasteiger partial charge on any atom is 0.490 e. The molecule has 20 nitrogen and oxygen atoms in total. The lowest BCUT2D eigenvalue weighted by Crippen LogP contribution is -2.29. The molecule has 0 bridgehead atoms. The molecule has 23 heteroatoms. The lowest BCUT2D eigenvalue weighted by molar-refractivity contribution is -0.0583. The first-order chi connectivity index (χ1) is 15.8. The molecule has 2 unspecified atom stereocenters. The topological polar surface area (TPSA) is 297 Å². The zero-order chi connectivity index (χ0) is 25.1. The number of azide groups is 1. The molecule has 0 aliphatic carbocycles. The number of rotatable bonds is 11. The first kappa shape index (κ1) is 26.6. The van der Waals surface area contributed by atoms with Crippen LogP contribution in [0.2, 0.25) is 0 Å². The van der Waals surface area contributed by atoms with Crippen molar-refractivity contribution in [3.05, 3.63) is 23.1 Å². The van der Waals surface area contributed by atoms with Gasteiger partial charge in [0.15, 0.2) is 11.5 Å². The molecule has 0 amide bonds. The van der Waals surface area contributed by atoms with Gasteiger partial charge in [-0.3, -0.25) is 9.09 Å². The smallest absolute Gasteiger partial charge is 0.382 e. The maximum absolute atomic E-state index is 12.0. The lowest BCUT2D eigenvalue weighted by Gasteiger charge is -2.20. The highest BCUT2D eigenvalue weighted by atomic mass is 31.3. The Bertz CT molecular complexity index is 1230. The molecule has 2 aromatic rings. The molecule has 1 aliphatic rings. The van der Waals surface area contributed by atoms with Gasteiger partial charge in [-0.1, -0.05) is 5.11 Å². The van der Waals surface area contributed by atoms with E-state index in [1.54, 1.807) is 0 Å². The fourth-order valence-corrected chi connectivity index (χ4v) is 5.93. The number of hydrogen-bond donors (Lipinski definition) is 5. The molecule has 1 saturated heterocycles. The normalized spacial score (nSPS) is 24.4. The molecule has 1 aliphatic heterocycles. The van der Waals surface area contributed by atoms with E-state index in [4.69, 9.17) is 30.5 Å². The highest BCUT2D eigenvalue weighted by Gasteiger charge is 2.43. The van der Waals surface area contributed by atoms with Gasteiger partial charge in [0.2, 0.25) is 0 Å². The third kappa shape index (κ3) is 7.00. The quantitative estimate of drug-likeness (QED) is 0.112. The van der Waals surface area contributed by atoms with Crippen LogP contribution in [0.1, 0.15) is 12.6 Å². The molecule has 0 radical (unpaired) electrons. The van der Waals surface area contributed by atoms with Crippen LogP contribution in [-0.2, 0) is 36.3 Å². The summed E-state index contributed by atoms with van der Waals surface area (Å²) in [5.41, 5.74) is 14.8. The van der Waals surface area contributed by atoms with Gasteiger partial charge < -0.3 is 34.8 Å². The summed E-state index contributed by atoms with van der Waals surface area (Å²) in [7, 11) is -16.6.